The van der Waals surface area contributed by atoms with Gasteiger partial charge < -0.3 is 4.90 Å². The van der Waals surface area contributed by atoms with Crippen LogP contribution in [-0.4, -0.2) is 33.8 Å². The monoisotopic (exact) mass is 406 g/mol. The number of quaternary nitrogens is 1. The average Bonchev–Trinajstić information content (AvgIpc) is 2.62. The highest BCUT2D eigenvalue weighted by Gasteiger charge is 2.20. The van der Waals surface area contributed by atoms with Gasteiger partial charge in [0.1, 0.15) is 5.75 Å². The van der Waals surface area contributed by atoms with Crippen molar-refractivity contribution in [2.45, 2.75) is 11.3 Å². The lowest BCUT2D eigenvalue weighted by Crippen LogP contribution is -3.13. The molecule has 0 spiro atoms. The van der Waals surface area contributed by atoms with Gasteiger partial charge >= 0.3 is 0 Å². The topological polar surface area (TPSA) is 38.6 Å². The minimum atomic E-state index is -3.20. The van der Waals surface area contributed by atoms with Gasteiger partial charge in [-0.05, 0) is 41.5 Å². The minimum Gasteiger partial charge on any atom is -0.331 e. The summed E-state index contributed by atoms with van der Waals surface area (Å²) in [7, 11) is -3.20. The van der Waals surface area contributed by atoms with Crippen LogP contribution >= 0.6 is 15.9 Å². The Hall–Kier alpha value is -1.43. The fraction of sp³-hybridized carbons (Fsp3) is 0.263. The van der Waals surface area contributed by atoms with Crippen molar-refractivity contribution < 1.29 is 13.3 Å². The van der Waals surface area contributed by atoms with Crippen molar-refractivity contribution in [3.05, 3.63) is 70.7 Å². The number of hydrogen-bond donors (Lipinski definition) is 1. The molecule has 0 bridgehead atoms. The van der Waals surface area contributed by atoms with Gasteiger partial charge in [0.2, 0.25) is 0 Å². The second kappa shape index (κ2) is 7.64. The molecule has 1 aliphatic rings. The van der Waals surface area contributed by atoms with Crippen LogP contribution < -0.4 is 4.90 Å². The first-order valence-corrected chi connectivity index (χ1v) is 10.6. The molecule has 0 radical (unpaired) electrons. The molecule has 1 atom stereocenters. The lowest BCUT2D eigenvalue weighted by atomic mass is 10.00. The van der Waals surface area contributed by atoms with Crippen molar-refractivity contribution in [3.63, 3.8) is 0 Å². The van der Waals surface area contributed by atoms with Crippen LogP contribution in [0, 0.1) is 0 Å². The summed E-state index contributed by atoms with van der Waals surface area (Å²) in [4.78, 5) is 1.73. The molecule has 0 saturated carbocycles. The highest BCUT2D eigenvalue weighted by atomic mass is 79.9. The quantitative estimate of drug-likeness (QED) is 0.828. The first-order chi connectivity index (χ1) is 11.5. The van der Waals surface area contributed by atoms with Crippen LogP contribution in [0.1, 0.15) is 12.0 Å². The van der Waals surface area contributed by atoms with Crippen molar-refractivity contribution in [1.29, 1.82) is 0 Å². The SMILES string of the molecule is O=S(=O)(CC[NH+]1CC=C(c2ccccc2)CC1)c1ccc(Br)cc1. The van der Waals surface area contributed by atoms with E-state index >= 15 is 0 Å². The molecule has 0 aromatic heterocycles. The van der Waals surface area contributed by atoms with Crippen molar-refractivity contribution in [1.82, 2.24) is 0 Å². The maximum atomic E-state index is 12.4. The zero-order valence-corrected chi connectivity index (χ0v) is 15.8. The summed E-state index contributed by atoms with van der Waals surface area (Å²) in [6.07, 6.45) is 3.25. The number of benzene rings is 2. The number of hydrogen-bond acceptors (Lipinski definition) is 2. The van der Waals surface area contributed by atoms with Gasteiger partial charge in [0, 0.05) is 10.9 Å². The molecule has 3 nitrogen and oxygen atoms in total. The van der Waals surface area contributed by atoms with Crippen LogP contribution in [0.15, 0.2) is 70.0 Å². The fourth-order valence-electron chi connectivity index (χ4n) is 2.96. The molecule has 2 aromatic rings. The van der Waals surface area contributed by atoms with Crippen LogP contribution in [0.25, 0.3) is 5.57 Å². The lowest BCUT2D eigenvalue weighted by Gasteiger charge is -2.23. The molecule has 0 fully saturated rings. The number of nitrogens with one attached hydrogen (secondary N) is 1. The maximum absolute atomic E-state index is 12.4. The van der Waals surface area contributed by atoms with Crippen molar-refractivity contribution in [3.8, 4) is 0 Å². The van der Waals surface area contributed by atoms with Gasteiger partial charge in [-0.25, -0.2) is 8.42 Å². The van der Waals surface area contributed by atoms with E-state index in [9.17, 15) is 8.42 Å². The molecule has 126 valence electrons. The Kier molecular flexibility index (Phi) is 5.54. The minimum absolute atomic E-state index is 0.193. The molecular formula is C19H21BrNO2S+. The van der Waals surface area contributed by atoms with E-state index in [1.165, 1.54) is 16.0 Å². The largest absolute Gasteiger partial charge is 0.331 e. The molecule has 1 unspecified atom stereocenters. The summed E-state index contributed by atoms with van der Waals surface area (Å²) >= 11 is 3.33. The number of halogens is 1. The van der Waals surface area contributed by atoms with E-state index in [0.717, 1.165) is 24.0 Å². The highest BCUT2D eigenvalue weighted by Crippen LogP contribution is 2.18. The van der Waals surface area contributed by atoms with Gasteiger partial charge in [-0.1, -0.05) is 46.3 Å². The molecule has 0 saturated heterocycles. The Bertz CT molecular complexity index is 814. The number of rotatable bonds is 5. The third kappa shape index (κ3) is 4.35. The first-order valence-electron chi connectivity index (χ1n) is 8.11. The Morgan fingerprint density at radius 1 is 1.00 bits per heavy atom. The first kappa shape index (κ1) is 17.4. The predicted molar refractivity (Wildman–Crippen MR) is 101 cm³/mol. The third-order valence-corrected chi connectivity index (χ3v) is 6.69. The van der Waals surface area contributed by atoms with Crippen LogP contribution in [0.2, 0.25) is 0 Å². The van der Waals surface area contributed by atoms with Crippen LogP contribution in [0.3, 0.4) is 0 Å². The Morgan fingerprint density at radius 2 is 1.71 bits per heavy atom. The zero-order chi connectivity index (χ0) is 17.0. The molecule has 2 aromatic carbocycles. The van der Waals surface area contributed by atoms with E-state index in [1.54, 1.807) is 24.3 Å². The molecule has 0 amide bonds. The summed E-state index contributed by atoms with van der Waals surface area (Å²) in [6.45, 7) is 2.52. The van der Waals surface area contributed by atoms with Crippen LogP contribution in [0.5, 0.6) is 0 Å². The molecule has 1 aliphatic heterocycles. The average molecular weight is 407 g/mol. The zero-order valence-electron chi connectivity index (χ0n) is 13.4. The van der Waals surface area contributed by atoms with E-state index in [-0.39, 0.29) is 5.75 Å². The molecule has 1 N–H and O–H groups in total. The van der Waals surface area contributed by atoms with E-state index in [4.69, 9.17) is 0 Å². The van der Waals surface area contributed by atoms with Crippen LogP contribution in [-0.2, 0) is 9.84 Å². The van der Waals surface area contributed by atoms with E-state index in [2.05, 4.69) is 46.3 Å². The molecule has 5 heteroatoms. The molecule has 0 aliphatic carbocycles. The summed E-state index contributed by atoms with van der Waals surface area (Å²) in [6, 6.07) is 17.3. The van der Waals surface area contributed by atoms with Gasteiger partial charge in [-0.3, -0.25) is 0 Å². The summed E-state index contributed by atoms with van der Waals surface area (Å²) in [5.74, 6) is 0.193. The molecular weight excluding hydrogens is 386 g/mol. The summed E-state index contributed by atoms with van der Waals surface area (Å²) in [5, 5.41) is 0. The van der Waals surface area contributed by atoms with Crippen LogP contribution in [0.4, 0.5) is 0 Å². The van der Waals surface area contributed by atoms with Gasteiger partial charge in [0.05, 0.1) is 24.5 Å². The smallest absolute Gasteiger partial charge is 0.183 e. The lowest BCUT2D eigenvalue weighted by molar-refractivity contribution is -0.892. The Morgan fingerprint density at radius 3 is 2.33 bits per heavy atom. The Balaban J connectivity index is 1.58. The normalized spacial score (nSPS) is 18.2. The summed E-state index contributed by atoms with van der Waals surface area (Å²) < 4.78 is 25.7. The van der Waals surface area contributed by atoms with Gasteiger partial charge in [0.25, 0.3) is 0 Å². The van der Waals surface area contributed by atoms with Crippen molar-refractivity contribution >= 4 is 31.3 Å². The van der Waals surface area contributed by atoms with E-state index < -0.39 is 9.84 Å². The van der Waals surface area contributed by atoms with E-state index in [1.807, 2.05) is 6.07 Å². The Labute approximate surface area is 152 Å². The fourth-order valence-corrected chi connectivity index (χ4v) is 4.57. The second-order valence-corrected chi connectivity index (χ2v) is 9.10. The predicted octanol–water partition coefficient (Wildman–Crippen LogP) is 2.60. The van der Waals surface area contributed by atoms with E-state index in [0.29, 0.717) is 11.4 Å². The third-order valence-electron chi connectivity index (χ3n) is 4.43. The molecule has 24 heavy (non-hydrogen) atoms. The maximum Gasteiger partial charge on any atom is 0.183 e. The molecule has 1 heterocycles. The molecule has 3 rings (SSSR count). The van der Waals surface area contributed by atoms with Gasteiger partial charge in [-0.15, -0.1) is 0 Å². The number of sulfone groups is 1. The highest BCUT2D eigenvalue weighted by molar-refractivity contribution is 9.10. The standard InChI is InChI=1S/C19H20BrNO2S/c20-18-6-8-19(9-7-18)24(22,23)15-14-21-12-10-17(11-13-21)16-4-2-1-3-5-16/h1-10H,11-15H2/p+1. The van der Waals surface area contributed by atoms with Gasteiger partial charge in [0.15, 0.2) is 9.84 Å². The second-order valence-electron chi connectivity index (χ2n) is 6.07. The van der Waals surface area contributed by atoms with Crippen molar-refractivity contribution in [2.24, 2.45) is 0 Å². The summed E-state index contributed by atoms with van der Waals surface area (Å²) in [5.41, 5.74) is 2.65. The van der Waals surface area contributed by atoms with Gasteiger partial charge in [-0.2, -0.15) is 0 Å². The van der Waals surface area contributed by atoms with Crippen molar-refractivity contribution in [2.75, 3.05) is 25.4 Å².